The molecule has 1 unspecified atom stereocenters. The molecule has 7 aromatic carbocycles. The smallest absolute Gasteiger partial charge is 0.0632 e. The highest BCUT2D eigenvalue weighted by atomic mass is 15.2. The molecule has 3 heterocycles. The van der Waals surface area contributed by atoms with Gasteiger partial charge in [-0.1, -0.05) is 103 Å². The van der Waals surface area contributed by atoms with Gasteiger partial charge in [-0.2, -0.15) is 0 Å². The third kappa shape index (κ3) is 4.18. The Morgan fingerprint density at radius 1 is 0.431 bits per heavy atom. The largest absolute Gasteiger partial charge is 0.333 e. The third-order valence-corrected chi connectivity index (χ3v) is 11.0. The molecule has 0 saturated heterocycles. The number of rotatable bonds is 4. The summed E-state index contributed by atoms with van der Waals surface area (Å²) < 4.78 is 4.83. The van der Waals surface area contributed by atoms with Crippen molar-refractivity contribution in [2.75, 3.05) is 4.90 Å². The first-order valence-corrected chi connectivity index (χ1v) is 17.8. The van der Waals surface area contributed by atoms with Gasteiger partial charge in [0.25, 0.3) is 0 Å². The molecule has 51 heavy (non-hydrogen) atoms. The van der Waals surface area contributed by atoms with Gasteiger partial charge in [0, 0.05) is 49.9 Å². The van der Waals surface area contributed by atoms with Crippen molar-refractivity contribution in [1.29, 1.82) is 0 Å². The van der Waals surface area contributed by atoms with E-state index in [1.807, 2.05) is 0 Å². The molecule has 0 spiro atoms. The minimum Gasteiger partial charge on any atom is -0.333 e. The molecule has 11 rings (SSSR count). The fraction of sp³-hybridized carbons (Fsp3) is 0.0417. The number of hydrogen-bond donors (Lipinski definition) is 0. The zero-order chi connectivity index (χ0) is 33.5. The van der Waals surface area contributed by atoms with E-state index < -0.39 is 0 Å². The fourth-order valence-corrected chi connectivity index (χ4v) is 8.75. The molecule has 9 aromatic rings. The minimum atomic E-state index is 0.308. The molecule has 1 atom stereocenters. The Labute approximate surface area is 296 Å². The van der Waals surface area contributed by atoms with Gasteiger partial charge < -0.3 is 14.0 Å². The first-order valence-electron chi connectivity index (χ1n) is 17.8. The molecular weight excluding hydrogens is 619 g/mol. The average molecular weight is 652 g/mol. The maximum Gasteiger partial charge on any atom is 0.0632 e. The van der Waals surface area contributed by atoms with Crippen molar-refractivity contribution in [3.8, 4) is 22.5 Å². The Bertz CT molecular complexity index is 2890. The first kappa shape index (κ1) is 28.3. The summed E-state index contributed by atoms with van der Waals surface area (Å²) in [7, 11) is 0. The van der Waals surface area contributed by atoms with Crippen LogP contribution in [0.2, 0.25) is 0 Å². The average Bonchev–Trinajstić information content (AvgIpc) is 3.83. The Balaban J connectivity index is 1.07. The van der Waals surface area contributed by atoms with Crippen LogP contribution in [0.3, 0.4) is 0 Å². The van der Waals surface area contributed by atoms with Crippen molar-refractivity contribution in [3.05, 3.63) is 188 Å². The van der Waals surface area contributed by atoms with Crippen LogP contribution in [0.25, 0.3) is 71.7 Å². The van der Waals surface area contributed by atoms with E-state index in [9.17, 15) is 0 Å². The van der Waals surface area contributed by atoms with Crippen LogP contribution in [-0.2, 0) is 0 Å². The number of allylic oxidation sites excluding steroid dienone is 2. The predicted molar refractivity (Wildman–Crippen MR) is 215 cm³/mol. The molecule has 1 aliphatic carbocycles. The van der Waals surface area contributed by atoms with Gasteiger partial charge in [-0.25, -0.2) is 0 Å². The molecule has 1 aliphatic heterocycles. The van der Waals surface area contributed by atoms with Crippen LogP contribution >= 0.6 is 0 Å². The summed E-state index contributed by atoms with van der Waals surface area (Å²) >= 11 is 0. The summed E-state index contributed by atoms with van der Waals surface area (Å²) in [5.41, 5.74) is 14.9. The molecule has 0 radical (unpaired) electrons. The van der Waals surface area contributed by atoms with E-state index in [0.29, 0.717) is 6.04 Å². The maximum atomic E-state index is 2.51. The molecule has 0 bridgehead atoms. The summed E-state index contributed by atoms with van der Waals surface area (Å²) in [5, 5.41) is 5.06. The summed E-state index contributed by atoms with van der Waals surface area (Å²) in [4.78, 5) is 2.51. The predicted octanol–water partition coefficient (Wildman–Crippen LogP) is 12.4. The van der Waals surface area contributed by atoms with E-state index >= 15 is 0 Å². The van der Waals surface area contributed by atoms with Gasteiger partial charge in [0.2, 0.25) is 0 Å². The number of nitrogens with zero attached hydrogens (tertiary/aromatic N) is 3. The highest BCUT2D eigenvalue weighted by molar-refractivity contribution is 6.13. The lowest BCUT2D eigenvalue weighted by Crippen LogP contribution is -2.26. The number of anilines is 2. The Kier molecular flexibility index (Phi) is 6.08. The van der Waals surface area contributed by atoms with Gasteiger partial charge in [-0.15, -0.1) is 0 Å². The molecule has 0 amide bonds. The quantitative estimate of drug-likeness (QED) is 0.185. The van der Waals surface area contributed by atoms with Crippen LogP contribution in [0.1, 0.15) is 12.0 Å². The van der Waals surface area contributed by atoms with Crippen LogP contribution in [0.4, 0.5) is 11.4 Å². The number of fused-ring (bicyclic) bond motifs is 9. The normalized spacial score (nSPS) is 15.2. The standard InChI is InChI=1S/C48H33N3/c1-3-13-34(14-4-1)49-43-20-10-7-17-37(43)40-29-32(23-26-46(40)49)33-24-27-47-41(30-33)38-18-8-12-22-45(38)51(47)36-25-28-48-42(31-36)39-19-9-11-21-44(39)50(48)35-15-5-2-6-16-35/h1-20,22-31,44H,21H2. The van der Waals surface area contributed by atoms with E-state index in [-0.39, 0.29) is 0 Å². The van der Waals surface area contributed by atoms with Gasteiger partial charge in [0.15, 0.2) is 0 Å². The number of benzene rings is 7. The monoisotopic (exact) mass is 651 g/mol. The number of hydrogen-bond acceptors (Lipinski definition) is 1. The summed E-state index contributed by atoms with van der Waals surface area (Å²) in [6, 6.07) is 60.4. The first-order chi connectivity index (χ1) is 25.3. The highest BCUT2D eigenvalue weighted by Crippen LogP contribution is 2.48. The van der Waals surface area contributed by atoms with Crippen molar-refractivity contribution in [3.63, 3.8) is 0 Å². The second kappa shape index (κ2) is 11.0. The lowest BCUT2D eigenvalue weighted by Gasteiger charge is -2.28. The lowest BCUT2D eigenvalue weighted by molar-refractivity contribution is 0.829. The van der Waals surface area contributed by atoms with Gasteiger partial charge in [0.05, 0.1) is 28.1 Å². The number of para-hydroxylation sites is 4. The maximum absolute atomic E-state index is 2.51. The molecule has 2 aromatic heterocycles. The van der Waals surface area contributed by atoms with E-state index in [0.717, 1.165) is 6.42 Å². The fourth-order valence-electron chi connectivity index (χ4n) is 8.75. The van der Waals surface area contributed by atoms with Crippen molar-refractivity contribution >= 4 is 60.6 Å². The lowest BCUT2D eigenvalue weighted by atomic mass is 9.95. The van der Waals surface area contributed by atoms with Crippen molar-refractivity contribution < 1.29 is 0 Å². The van der Waals surface area contributed by atoms with Crippen molar-refractivity contribution in [1.82, 2.24) is 9.13 Å². The summed E-state index contributed by atoms with van der Waals surface area (Å²) in [5.74, 6) is 0. The summed E-state index contributed by atoms with van der Waals surface area (Å²) in [6.45, 7) is 0. The molecule has 3 nitrogen and oxygen atoms in total. The van der Waals surface area contributed by atoms with Crippen LogP contribution < -0.4 is 4.90 Å². The SMILES string of the molecule is C1=CCC2C(=C1)c1cc(-n3c4ccccc4c4cc(-c5ccc6c(c5)c5ccccc5n6-c5ccccc5)ccc43)ccc1N2c1ccccc1. The molecule has 2 aliphatic rings. The highest BCUT2D eigenvalue weighted by Gasteiger charge is 2.35. The van der Waals surface area contributed by atoms with Crippen molar-refractivity contribution in [2.45, 2.75) is 12.5 Å². The Morgan fingerprint density at radius 3 is 1.63 bits per heavy atom. The van der Waals surface area contributed by atoms with Crippen molar-refractivity contribution in [2.24, 2.45) is 0 Å². The zero-order valence-electron chi connectivity index (χ0n) is 27.9. The van der Waals surface area contributed by atoms with Gasteiger partial charge in [-0.05, 0) is 102 Å². The second-order valence-electron chi connectivity index (χ2n) is 13.7. The number of aromatic nitrogens is 2. The van der Waals surface area contributed by atoms with Crippen LogP contribution in [0.15, 0.2) is 182 Å². The second-order valence-corrected chi connectivity index (χ2v) is 13.7. The van der Waals surface area contributed by atoms with E-state index in [1.165, 1.54) is 88.6 Å². The Morgan fingerprint density at radius 2 is 0.980 bits per heavy atom. The molecule has 0 fully saturated rings. The van der Waals surface area contributed by atoms with E-state index in [1.54, 1.807) is 0 Å². The van der Waals surface area contributed by atoms with Crippen LogP contribution in [0, 0.1) is 0 Å². The van der Waals surface area contributed by atoms with Gasteiger partial charge >= 0.3 is 0 Å². The molecule has 3 heteroatoms. The zero-order valence-corrected chi connectivity index (χ0v) is 27.9. The molecule has 240 valence electrons. The molecule has 0 saturated carbocycles. The van der Waals surface area contributed by atoms with Gasteiger partial charge in [0.1, 0.15) is 0 Å². The topological polar surface area (TPSA) is 13.1 Å². The van der Waals surface area contributed by atoms with E-state index in [2.05, 4.69) is 196 Å². The summed E-state index contributed by atoms with van der Waals surface area (Å²) in [6.07, 6.45) is 7.82. The van der Waals surface area contributed by atoms with Crippen LogP contribution in [-0.4, -0.2) is 15.2 Å². The molecular formula is C48H33N3. The Hall–Kier alpha value is -6.58. The third-order valence-electron chi connectivity index (χ3n) is 11.0. The van der Waals surface area contributed by atoms with Crippen LogP contribution in [0.5, 0.6) is 0 Å². The van der Waals surface area contributed by atoms with Gasteiger partial charge in [-0.3, -0.25) is 0 Å². The molecule has 0 N–H and O–H groups in total. The van der Waals surface area contributed by atoms with E-state index in [4.69, 9.17) is 0 Å². The minimum absolute atomic E-state index is 0.308.